The van der Waals surface area contributed by atoms with Gasteiger partial charge in [-0.15, -0.1) is 11.3 Å². The highest BCUT2D eigenvalue weighted by Gasteiger charge is 2.55. The molecule has 0 saturated carbocycles. The number of fused-ring (bicyclic) bond motifs is 16. The molecule has 0 radical (unpaired) electrons. The van der Waals surface area contributed by atoms with Crippen LogP contribution in [0.1, 0.15) is 33.7 Å². The summed E-state index contributed by atoms with van der Waals surface area (Å²) in [6, 6.07) is 61.5. The van der Waals surface area contributed by atoms with Crippen LogP contribution in [0.2, 0.25) is 0 Å². The number of hydrogen-bond donors (Lipinski definition) is 0. The van der Waals surface area contributed by atoms with Crippen LogP contribution in [-0.4, -0.2) is 6.04 Å². The summed E-state index contributed by atoms with van der Waals surface area (Å²) in [5.41, 5.74) is 17.3. The first-order valence-electron chi connectivity index (χ1n) is 17.9. The maximum absolute atomic E-state index is 2.65. The van der Waals surface area contributed by atoms with Gasteiger partial charge >= 0.3 is 0 Å². The number of nitrogens with zero attached hydrogens (tertiary/aromatic N) is 1. The average molecular weight is 666 g/mol. The van der Waals surface area contributed by atoms with Crippen LogP contribution in [0.5, 0.6) is 0 Å². The van der Waals surface area contributed by atoms with E-state index in [1.807, 2.05) is 11.3 Å². The largest absolute Gasteiger partial charge is 0.333 e. The predicted molar refractivity (Wildman–Crippen MR) is 214 cm³/mol. The zero-order valence-electron chi connectivity index (χ0n) is 27.8. The third-order valence-corrected chi connectivity index (χ3v) is 13.3. The predicted octanol–water partition coefficient (Wildman–Crippen LogP) is 12.7. The van der Waals surface area contributed by atoms with E-state index in [0.29, 0.717) is 0 Å². The molecule has 4 aliphatic rings. The molecule has 1 aliphatic heterocycles. The van der Waals surface area contributed by atoms with Gasteiger partial charge in [0.25, 0.3) is 0 Å². The fraction of sp³-hybridized carbons (Fsp3) is 0.0612. The topological polar surface area (TPSA) is 3.24 Å². The summed E-state index contributed by atoms with van der Waals surface area (Å²) in [5, 5.41) is 2.68. The van der Waals surface area contributed by atoms with Gasteiger partial charge in [0.15, 0.2) is 0 Å². The third kappa shape index (κ3) is 3.50. The van der Waals surface area contributed by atoms with Crippen LogP contribution in [0.3, 0.4) is 0 Å². The fourth-order valence-electron chi connectivity index (χ4n) is 10.0. The fourth-order valence-corrected chi connectivity index (χ4v) is 11.3. The van der Waals surface area contributed by atoms with Gasteiger partial charge in [-0.05, 0) is 85.5 Å². The van der Waals surface area contributed by atoms with E-state index in [1.54, 1.807) is 0 Å². The number of hydrogen-bond acceptors (Lipinski definition) is 2. The lowest BCUT2D eigenvalue weighted by molar-refractivity contribution is 0.714. The van der Waals surface area contributed by atoms with Crippen molar-refractivity contribution < 1.29 is 0 Å². The van der Waals surface area contributed by atoms with Crippen LogP contribution in [0.25, 0.3) is 48.0 Å². The number of rotatable bonds is 2. The molecule has 51 heavy (non-hydrogen) atoms. The molecule has 2 heterocycles. The van der Waals surface area contributed by atoms with E-state index in [2.05, 4.69) is 181 Å². The second-order valence-corrected chi connectivity index (χ2v) is 15.4. The minimum absolute atomic E-state index is 0.174. The molecule has 0 amide bonds. The Balaban J connectivity index is 1.02. The minimum atomic E-state index is -0.321. The lowest BCUT2D eigenvalue weighted by atomic mass is 9.68. The molecule has 238 valence electrons. The zero-order valence-corrected chi connectivity index (χ0v) is 28.6. The van der Waals surface area contributed by atoms with Crippen molar-refractivity contribution in [3.8, 4) is 22.3 Å². The maximum Gasteiger partial charge on any atom is 0.0722 e. The molecule has 1 aromatic heterocycles. The highest BCUT2D eigenvalue weighted by atomic mass is 32.1. The van der Waals surface area contributed by atoms with Crippen molar-refractivity contribution in [3.05, 3.63) is 209 Å². The summed E-state index contributed by atoms with van der Waals surface area (Å²) in [4.78, 5) is 2.59. The summed E-state index contributed by atoms with van der Waals surface area (Å²) in [6.45, 7) is 0. The minimum Gasteiger partial charge on any atom is -0.333 e. The molecule has 1 nitrogen and oxygen atoms in total. The number of allylic oxidation sites excluding steroid dienone is 2. The average Bonchev–Trinajstić information content (AvgIpc) is 3.91. The van der Waals surface area contributed by atoms with Gasteiger partial charge in [0, 0.05) is 37.5 Å². The Kier molecular flexibility index (Phi) is 5.49. The van der Waals surface area contributed by atoms with Gasteiger partial charge < -0.3 is 4.90 Å². The lowest BCUT2D eigenvalue weighted by Gasteiger charge is -2.35. The van der Waals surface area contributed by atoms with E-state index >= 15 is 0 Å². The highest BCUT2D eigenvalue weighted by molar-refractivity contribution is 7.26. The Labute approximate surface area is 301 Å². The van der Waals surface area contributed by atoms with Crippen LogP contribution >= 0.6 is 11.3 Å². The highest BCUT2D eigenvalue weighted by Crippen LogP contribution is 2.66. The molecule has 0 bridgehead atoms. The summed E-state index contributed by atoms with van der Waals surface area (Å²) >= 11 is 1.90. The zero-order chi connectivity index (χ0) is 33.3. The molecule has 2 unspecified atom stereocenters. The van der Waals surface area contributed by atoms with Gasteiger partial charge in [-0.3, -0.25) is 0 Å². The molecular formula is C49H31NS. The van der Waals surface area contributed by atoms with Crippen LogP contribution in [0, 0.1) is 0 Å². The summed E-state index contributed by atoms with van der Waals surface area (Å²) in [5.74, 6) is 0.234. The van der Waals surface area contributed by atoms with Gasteiger partial charge in [0.05, 0.1) is 11.5 Å². The van der Waals surface area contributed by atoms with Crippen molar-refractivity contribution >= 4 is 48.5 Å². The van der Waals surface area contributed by atoms with E-state index in [1.165, 1.54) is 92.8 Å². The van der Waals surface area contributed by atoms with Crippen molar-refractivity contribution in [1.29, 1.82) is 0 Å². The number of benzene rings is 7. The van der Waals surface area contributed by atoms with Gasteiger partial charge in [-0.2, -0.15) is 0 Å². The molecular weight excluding hydrogens is 635 g/mol. The first-order chi connectivity index (χ1) is 25.3. The first-order valence-corrected chi connectivity index (χ1v) is 18.7. The Morgan fingerprint density at radius 2 is 1.10 bits per heavy atom. The third-order valence-electron chi connectivity index (χ3n) is 12.0. The van der Waals surface area contributed by atoms with E-state index in [0.717, 1.165) is 0 Å². The van der Waals surface area contributed by atoms with Crippen molar-refractivity contribution in [2.24, 2.45) is 0 Å². The first kappa shape index (κ1) is 27.8. The molecule has 7 aromatic carbocycles. The molecule has 3 aliphatic carbocycles. The van der Waals surface area contributed by atoms with E-state index < -0.39 is 0 Å². The molecule has 8 aromatic rings. The van der Waals surface area contributed by atoms with E-state index in [4.69, 9.17) is 0 Å². The maximum atomic E-state index is 2.65. The normalized spacial score (nSPS) is 18.5. The number of thiophene rings is 1. The number of anilines is 2. The molecule has 12 rings (SSSR count). The van der Waals surface area contributed by atoms with Crippen LogP contribution in [0.15, 0.2) is 182 Å². The molecule has 1 spiro atoms. The smallest absolute Gasteiger partial charge is 0.0722 e. The Morgan fingerprint density at radius 3 is 1.88 bits per heavy atom. The number of para-hydroxylation sites is 1. The quantitative estimate of drug-likeness (QED) is 0.178. The van der Waals surface area contributed by atoms with Gasteiger partial charge in [0.2, 0.25) is 0 Å². The van der Waals surface area contributed by atoms with E-state index in [9.17, 15) is 0 Å². The van der Waals surface area contributed by atoms with Crippen LogP contribution in [-0.2, 0) is 5.41 Å². The van der Waals surface area contributed by atoms with Gasteiger partial charge in [0.1, 0.15) is 0 Å². The lowest BCUT2D eigenvalue weighted by Crippen LogP contribution is -2.32. The summed E-state index contributed by atoms with van der Waals surface area (Å²) < 4.78 is 2.70. The second kappa shape index (κ2) is 10.1. The molecule has 2 atom stereocenters. The Morgan fingerprint density at radius 1 is 0.490 bits per heavy atom. The van der Waals surface area contributed by atoms with Crippen molar-refractivity contribution in [1.82, 2.24) is 0 Å². The van der Waals surface area contributed by atoms with Gasteiger partial charge in [-0.1, -0.05) is 152 Å². The molecule has 0 saturated heterocycles. The van der Waals surface area contributed by atoms with Gasteiger partial charge in [-0.25, -0.2) is 0 Å². The van der Waals surface area contributed by atoms with Crippen molar-refractivity contribution in [2.75, 3.05) is 4.90 Å². The van der Waals surface area contributed by atoms with Crippen molar-refractivity contribution in [2.45, 2.75) is 17.4 Å². The summed E-state index contributed by atoms with van der Waals surface area (Å²) in [6.07, 6.45) is 5.25. The standard InChI is InChI=1S/C49H31NS/c1-6-19-41-33(12-1)34-13-2-7-20-42(34)49(41)43-21-8-3-14-35(43)39-29-46-40(28-44(39)49)36-15-4-9-22-45(36)50(46)31-26-24-30(25-27-31)32-17-11-18-38-37-16-5-10-23-47(37)51-48(32)38/h1-29,40,46H. The molecule has 0 fully saturated rings. The Hall–Kier alpha value is -5.96. The second-order valence-electron chi connectivity index (χ2n) is 14.3. The van der Waals surface area contributed by atoms with Crippen LogP contribution in [0.4, 0.5) is 11.4 Å². The van der Waals surface area contributed by atoms with E-state index in [-0.39, 0.29) is 17.4 Å². The monoisotopic (exact) mass is 665 g/mol. The molecule has 0 N–H and O–H groups in total. The molecule has 2 heteroatoms. The SMILES string of the molecule is C1=C2C(=CC3c4ccccc4N(c4ccc(-c5cccc6c5sc5ccccc56)cc4)C13)C1(c3ccccc32)c2ccccc2-c2ccccc21. The van der Waals surface area contributed by atoms with Crippen molar-refractivity contribution in [3.63, 3.8) is 0 Å². The Bertz CT molecular complexity index is 2790. The summed E-state index contributed by atoms with van der Waals surface area (Å²) in [7, 11) is 0. The van der Waals surface area contributed by atoms with Crippen LogP contribution < -0.4 is 4.90 Å².